The molecule has 76 valence electrons. The Morgan fingerprint density at radius 1 is 1.31 bits per heavy atom. The first kappa shape index (κ1) is 12.0. The van der Waals surface area contributed by atoms with Gasteiger partial charge in [0.05, 0.1) is 5.57 Å². The Bertz CT molecular complexity index is 197. The van der Waals surface area contributed by atoms with Crippen LogP contribution in [0.1, 0.15) is 46.0 Å². The molecule has 13 heavy (non-hydrogen) atoms. The van der Waals surface area contributed by atoms with Gasteiger partial charge in [0.2, 0.25) is 0 Å². The maximum absolute atomic E-state index is 10.8. The molecule has 0 rings (SSSR count). The van der Waals surface area contributed by atoms with E-state index in [0.29, 0.717) is 24.1 Å². The van der Waals surface area contributed by atoms with Gasteiger partial charge in [-0.25, -0.2) is 4.79 Å². The van der Waals surface area contributed by atoms with Crippen LogP contribution in [0.3, 0.4) is 0 Å². The van der Waals surface area contributed by atoms with Crippen LogP contribution in [0, 0.1) is 0 Å². The summed E-state index contributed by atoms with van der Waals surface area (Å²) in [7, 11) is 0. The zero-order valence-electron chi connectivity index (χ0n) is 8.47. The molecule has 0 bridgehead atoms. The van der Waals surface area contributed by atoms with Gasteiger partial charge >= 0.3 is 5.97 Å². The molecule has 0 aliphatic rings. The smallest absolute Gasteiger partial charge is 0.333 e. The zero-order chi connectivity index (χ0) is 10.3. The summed E-state index contributed by atoms with van der Waals surface area (Å²) < 4.78 is 0. The van der Waals surface area contributed by atoms with Gasteiger partial charge in [0.15, 0.2) is 0 Å². The summed E-state index contributed by atoms with van der Waals surface area (Å²) in [6, 6.07) is 0. The van der Waals surface area contributed by atoms with E-state index in [2.05, 4.69) is 6.92 Å². The van der Waals surface area contributed by atoms with Crippen LogP contribution in [0.4, 0.5) is 0 Å². The molecule has 0 saturated carbocycles. The van der Waals surface area contributed by atoms with E-state index in [1.807, 2.05) is 6.92 Å². The molecule has 0 amide bonds. The van der Waals surface area contributed by atoms with Gasteiger partial charge in [-0.3, -0.25) is 0 Å². The molecular formula is C10H19NO2. The molecule has 0 spiro atoms. The first-order valence-electron chi connectivity index (χ1n) is 4.84. The van der Waals surface area contributed by atoms with Crippen LogP contribution in [0.15, 0.2) is 11.3 Å². The van der Waals surface area contributed by atoms with Crippen molar-refractivity contribution >= 4 is 5.97 Å². The van der Waals surface area contributed by atoms with E-state index in [9.17, 15) is 4.79 Å². The van der Waals surface area contributed by atoms with Crippen molar-refractivity contribution in [2.45, 2.75) is 46.0 Å². The number of allylic oxidation sites excluding steroid dienone is 1. The Balaban J connectivity index is 4.19. The molecule has 3 nitrogen and oxygen atoms in total. The second-order valence-corrected chi connectivity index (χ2v) is 3.12. The van der Waals surface area contributed by atoms with Gasteiger partial charge in [-0.05, 0) is 19.3 Å². The first-order chi connectivity index (χ1) is 6.13. The summed E-state index contributed by atoms with van der Waals surface area (Å²) in [5, 5.41) is 8.84. The fourth-order valence-corrected chi connectivity index (χ4v) is 1.17. The molecule has 0 aromatic heterocycles. The van der Waals surface area contributed by atoms with Gasteiger partial charge in [-0.15, -0.1) is 0 Å². The van der Waals surface area contributed by atoms with Crippen LogP contribution in [-0.2, 0) is 4.79 Å². The van der Waals surface area contributed by atoms with E-state index in [-0.39, 0.29) is 0 Å². The molecule has 0 radical (unpaired) electrons. The Morgan fingerprint density at radius 3 is 2.31 bits per heavy atom. The van der Waals surface area contributed by atoms with Crippen molar-refractivity contribution in [1.82, 2.24) is 0 Å². The number of hydrogen-bond donors (Lipinski definition) is 2. The van der Waals surface area contributed by atoms with Gasteiger partial charge in [-0.1, -0.05) is 26.7 Å². The van der Waals surface area contributed by atoms with Crippen molar-refractivity contribution in [3.05, 3.63) is 11.3 Å². The third kappa shape index (κ3) is 4.55. The summed E-state index contributed by atoms with van der Waals surface area (Å²) in [6.07, 6.45) is 4.29. The lowest BCUT2D eigenvalue weighted by atomic mass is 10.0. The maximum atomic E-state index is 10.8. The van der Waals surface area contributed by atoms with Crippen LogP contribution in [0.5, 0.6) is 0 Å². The molecule has 0 heterocycles. The maximum Gasteiger partial charge on any atom is 0.333 e. The molecule has 0 aromatic carbocycles. The molecule has 0 unspecified atom stereocenters. The molecule has 3 N–H and O–H groups in total. The number of nitrogens with two attached hydrogens (primary N) is 1. The lowest BCUT2D eigenvalue weighted by Crippen LogP contribution is -2.10. The number of carbonyl (C=O) groups is 1. The van der Waals surface area contributed by atoms with E-state index in [1.165, 1.54) is 0 Å². The number of unbranched alkanes of at least 4 members (excludes halogenated alkanes) is 2. The Labute approximate surface area is 79.6 Å². The zero-order valence-corrected chi connectivity index (χ0v) is 8.47. The summed E-state index contributed by atoms with van der Waals surface area (Å²) in [6.45, 7) is 3.96. The van der Waals surface area contributed by atoms with E-state index in [1.54, 1.807) is 0 Å². The molecular weight excluding hydrogens is 166 g/mol. The van der Waals surface area contributed by atoms with E-state index >= 15 is 0 Å². The van der Waals surface area contributed by atoms with E-state index in [4.69, 9.17) is 10.8 Å². The van der Waals surface area contributed by atoms with Gasteiger partial charge in [-0.2, -0.15) is 0 Å². The molecule has 0 fully saturated rings. The van der Waals surface area contributed by atoms with Gasteiger partial charge in [0, 0.05) is 5.70 Å². The predicted octanol–water partition coefficient (Wildman–Crippen LogP) is 2.27. The average Bonchev–Trinajstić information content (AvgIpc) is 2.11. The summed E-state index contributed by atoms with van der Waals surface area (Å²) in [5.41, 5.74) is 6.52. The fourth-order valence-electron chi connectivity index (χ4n) is 1.17. The Kier molecular flexibility index (Phi) is 6.02. The van der Waals surface area contributed by atoms with Crippen molar-refractivity contribution in [2.75, 3.05) is 0 Å². The van der Waals surface area contributed by atoms with Crippen molar-refractivity contribution in [2.24, 2.45) is 5.73 Å². The second-order valence-electron chi connectivity index (χ2n) is 3.12. The Morgan fingerprint density at radius 2 is 1.92 bits per heavy atom. The molecule has 0 saturated heterocycles. The third-order valence-electron chi connectivity index (χ3n) is 2.06. The molecule has 0 aliphatic carbocycles. The Hall–Kier alpha value is -0.990. The standard InChI is InChI=1S/C10H19NO2/c1-3-5-6-7-8(10(12)13)9(11)4-2/h3-7,11H2,1-2H3,(H,12,13)/b9-8-. The molecule has 0 atom stereocenters. The number of carboxylic acids is 1. The van der Waals surface area contributed by atoms with Crippen LogP contribution < -0.4 is 5.73 Å². The highest BCUT2D eigenvalue weighted by Crippen LogP contribution is 2.13. The molecule has 0 aromatic rings. The number of aliphatic carboxylic acids is 1. The first-order valence-corrected chi connectivity index (χ1v) is 4.84. The molecule has 0 aliphatic heterocycles. The van der Waals surface area contributed by atoms with Gasteiger partial charge in [0.1, 0.15) is 0 Å². The highest BCUT2D eigenvalue weighted by atomic mass is 16.4. The number of rotatable bonds is 6. The molecule has 3 heteroatoms. The number of hydrogen-bond acceptors (Lipinski definition) is 2. The van der Waals surface area contributed by atoms with Crippen molar-refractivity contribution in [3.8, 4) is 0 Å². The van der Waals surface area contributed by atoms with Crippen LogP contribution in [0.25, 0.3) is 0 Å². The largest absolute Gasteiger partial charge is 0.478 e. The minimum Gasteiger partial charge on any atom is -0.478 e. The van der Waals surface area contributed by atoms with Crippen molar-refractivity contribution in [3.63, 3.8) is 0 Å². The van der Waals surface area contributed by atoms with Crippen molar-refractivity contribution in [1.29, 1.82) is 0 Å². The summed E-state index contributed by atoms with van der Waals surface area (Å²) >= 11 is 0. The van der Waals surface area contributed by atoms with Crippen LogP contribution >= 0.6 is 0 Å². The van der Waals surface area contributed by atoms with Gasteiger partial charge < -0.3 is 10.8 Å². The summed E-state index contributed by atoms with van der Waals surface area (Å²) in [4.78, 5) is 10.8. The fraction of sp³-hybridized carbons (Fsp3) is 0.700. The lowest BCUT2D eigenvalue weighted by Gasteiger charge is -2.05. The van der Waals surface area contributed by atoms with E-state index in [0.717, 1.165) is 19.3 Å². The monoisotopic (exact) mass is 185 g/mol. The highest BCUT2D eigenvalue weighted by Gasteiger charge is 2.10. The predicted molar refractivity (Wildman–Crippen MR) is 53.3 cm³/mol. The third-order valence-corrected chi connectivity index (χ3v) is 2.06. The minimum absolute atomic E-state index is 0.399. The highest BCUT2D eigenvalue weighted by molar-refractivity contribution is 5.87. The summed E-state index contributed by atoms with van der Waals surface area (Å²) in [5.74, 6) is -0.865. The van der Waals surface area contributed by atoms with E-state index < -0.39 is 5.97 Å². The second kappa shape index (κ2) is 6.52. The minimum atomic E-state index is -0.865. The average molecular weight is 185 g/mol. The van der Waals surface area contributed by atoms with Crippen molar-refractivity contribution < 1.29 is 9.90 Å². The normalized spacial score (nSPS) is 12.5. The van der Waals surface area contributed by atoms with Crippen LogP contribution in [0.2, 0.25) is 0 Å². The SMILES string of the molecule is CCCCC/C(C(=O)O)=C(/N)CC. The van der Waals surface area contributed by atoms with Gasteiger partial charge in [0.25, 0.3) is 0 Å². The van der Waals surface area contributed by atoms with Crippen LogP contribution in [-0.4, -0.2) is 11.1 Å². The number of carboxylic acid groups (broad SMARTS) is 1. The topological polar surface area (TPSA) is 63.3 Å². The quantitative estimate of drug-likeness (QED) is 0.493. The lowest BCUT2D eigenvalue weighted by molar-refractivity contribution is -0.132.